The van der Waals surface area contributed by atoms with Gasteiger partial charge in [-0.05, 0) is 99.4 Å². The van der Waals surface area contributed by atoms with Gasteiger partial charge in [-0.2, -0.15) is 0 Å². The van der Waals surface area contributed by atoms with Crippen LogP contribution in [-0.2, 0) is 19.0 Å². The van der Waals surface area contributed by atoms with E-state index in [1.807, 2.05) is 0 Å². The van der Waals surface area contributed by atoms with Gasteiger partial charge >= 0.3 is 5.97 Å². The second kappa shape index (κ2) is 9.00. The second-order valence-corrected chi connectivity index (χ2v) is 13.5. The summed E-state index contributed by atoms with van der Waals surface area (Å²) < 4.78 is 17.2. The van der Waals surface area contributed by atoms with Crippen LogP contribution in [0.4, 0.5) is 0 Å². The molecule has 8 nitrogen and oxygen atoms in total. The molecular formula is C29H44O8. The third kappa shape index (κ3) is 3.80. The van der Waals surface area contributed by atoms with Gasteiger partial charge in [0.05, 0.1) is 17.8 Å². The lowest BCUT2D eigenvalue weighted by Crippen LogP contribution is -2.62. The zero-order chi connectivity index (χ0) is 26.3. The summed E-state index contributed by atoms with van der Waals surface area (Å²) in [5, 5.41) is 43.0. The van der Waals surface area contributed by atoms with Gasteiger partial charge in [-0.15, -0.1) is 0 Å². The molecule has 0 bridgehead atoms. The Morgan fingerprint density at radius 3 is 2.46 bits per heavy atom. The highest BCUT2D eigenvalue weighted by Crippen LogP contribution is 2.70. The molecule has 37 heavy (non-hydrogen) atoms. The molecule has 8 heteroatoms. The van der Waals surface area contributed by atoms with Crippen molar-refractivity contribution >= 4 is 5.97 Å². The number of esters is 1. The summed E-state index contributed by atoms with van der Waals surface area (Å²) >= 11 is 0. The van der Waals surface area contributed by atoms with E-state index in [1.54, 1.807) is 13.0 Å². The standard InChI is InChI=1S/C29H44O8/c1-15-23(31)24(32)25(33)26(36-15)37-18-6-9-27(2)17(13-18)4-5-21-20(27)7-10-28(3)19(8-11-29(21,28)34)16-12-22(30)35-14-16/h12,15,17-21,23-26,31-34H,4-11,13-14H2,1-3H3/t15-,17+,18-,19+,20-,21+,23-,24-,25+,26-,27-,28+,29-/m0/s1. The highest BCUT2D eigenvalue weighted by Gasteiger charge is 2.67. The quantitative estimate of drug-likeness (QED) is 0.330. The van der Waals surface area contributed by atoms with E-state index < -0.39 is 36.3 Å². The lowest BCUT2D eigenvalue weighted by Gasteiger charge is -2.64. The fourth-order valence-electron chi connectivity index (χ4n) is 9.81. The molecule has 2 aliphatic heterocycles. The van der Waals surface area contributed by atoms with E-state index in [0.29, 0.717) is 18.4 Å². The van der Waals surface area contributed by atoms with Crippen LogP contribution in [0.3, 0.4) is 0 Å². The van der Waals surface area contributed by atoms with E-state index in [4.69, 9.17) is 14.2 Å². The SMILES string of the molecule is C[C@@H]1O[C@@H](O[C@H]2CC[C@@]3(C)[C@H](CC[C@@H]4[C@@H]3CC[C@]3(C)[C@@H](C5=CC(=O)OC5)CC[C@]43O)C2)[C@H](O)[C@@H](O)[C@H]1O. The van der Waals surface area contributed by atoms with Crippen LogP contribution in [0.1, 0.15) is 78.6 Å². The molecule has 4 N–H and O–H groups in total. The summed E-state index contributed by atoms with van der Waals surface area (Å²) in [4.78, 5) is 11.8. The Balaban J connectivity index is 1.16. The molecule has 6 aliphatic rings. The van der Waals surface area contributed by atoms with Crippen molar-refractivity contribution < 1.29 is 39.4 Å². The Hall–Kier alpha value is -1.03. The van der Waals surface area contributed by atoms with Gasteiger partial charge in [-0.3, -0.25) is 0 Å². The van der Waals surface area contributed by atoms with E-state index >= 15 is 0 Å². The molecule has 0 spiro atoms. The van der Waals surface area contributed by atoms with Gasteiger partial charge in [0.2, 0.25) is 0 Å². The van der Waals surface area contributed by atoms with E-state index in [0.717, 1.165) is 63.4 Å². The third-order valence-corrected chi connectivity index (χ3v) is 12.1. The first kappa shape index (κ1) is 26.2. The molecule has 0 radical (unpaired) electrons. The summed E-state index contributed by atoms with van der Waals surface area (Å²) in [6, 6.07) is 0. The van der Waals surface area contributed by atoms with Crippen LogP contribution in [0.2, 0.25) is 0 Å². The van der Waals surface area contributed by atoms with Gasteiger partial charge in [-0.1, -0.05) is 13.8 Å². The number of aliphatic hydroxyl groups is 4. The molecule has 0 aromatic rings. The largest absolute Gasteiger partial charge is 0.458 e. The molecule has 5 fully saturated rings. The van der Waals surface area contributed by atoms with Gasteiger partial charge in [-0.25, -0.2) is 4.79 Å². The van der Waals surface area contributed by atoms with Crippen molar-refractivity contribution in [3.8, 4) is 0 Å². The van der Waals surface area contributed by atoms with Crippen molar-refractivity contribution in [2.75, 3.05) is 6.61 Å². The fourth-order valence-corrected chi connectivity index (χ4v) is 9.81. The summed E-state index contributed by atoms with van der Waals surface area (Å²) in [6.07, 6.45) is 4.88. The number of rotatable bonds is 3. The normalized spacial score (nSPS) is 55.6. The Labute approximate surface area is 219 Å². The lowest BCUT2D eigenvalue weighted by atomic mass is 9.43. The van der Waals surface area contributed by atoms with E-state index in [9.17, 15) is 25.2 Å². The first-order chi connectivity index (χ1) is 17.5. The molecule has 2 heterocycles. The van der Waals surface area contributed by atoms with Crippen molar-refractivity contribution in [1.82, 2.24) is 0 Å². The number of carbonyl (C=O) groups is 1. The highest BCUT2D eigenvalue weighted by atomic mass is 16.7. The van der Waals surface area contributed by atoms with Crippen molar-refractivity contribution in [3.05, 3.63) is 11.6 Å². The van der Waals surface area contributed by atoms with Crippen LogP contribution in [0, 0.1) is 34.5 Å². The average molecular weight is 521 g/mol. The molecule has 1 saturated heterocycles. The second-order valence-electron chi connectivity index (χ2n) is 13.5. The maximum atomic E-state index is 12.4. The van der Waals surface area contributed by atoms with Crippen molar-refractivity contribution in [2.24, 2.45) is 34.5 Å². The number of cyclic esters (lactones) is 1. The van der Waals surface area contributed by atoms with Gasteiger partial charge in [0.15, 0.2) is 6.29 Å². The third-order valence-electron chi connectivity index (χ3n) is 12.1. The van der Waals surface area contributed by atoms with Crippen molar-refractivity contribution in [3.63, 3.8) is 0 Å². The van der Waals surface area contributed by atoms with Crippen LogP contribution in [0.15, 0.2) is 11.6 Å². The summed E-state index contributed by atoms with van der Waals surface area (Å²) in [7, 11) is 0. The number of aliphatic hydroxyl groups excluding tert-OH is 3. The maximum absolute atomic E-state index is 12.4. The summed E-state index contributed by atoms with van der Waals surface area (Å²) in [5.74, 6) is 1.14. The predicted octanol–water partition coefficient (Wildman–Crippen LogP) is 2.46. The van der Waals surface area contributed by atoms with E-state index in [-0.39, 0.29) is 34.7 Å². The Morgan fingerprint density at radius 2 is 1.73 bits per heavy atom. The minimum atomic E-state index is -1.28. The average Bonchev–Trinajstić information content (AvgIpc) is 3.41. The van der Waals surface area contributed by atoms with Gasteiger partial charge in [0.25, 0.3) is 0 Å². The Kier molecular flexibility index (Phi) is 6.37. The zero-order valence-corrected chi connectivity index (χ0v) is 22.3. The number of ether oxygens (including phenoxy) is 3. The number of hydrogen-bond donors (Lipinski definition) is 4. The lowest BCUT2D eigenvalue weighted by molar-refractivity contribution is -0.310. The minimum absolute atomic E-state index is 0.0661. The number of fused-ring (bicyclic) bond motifs is 5. The minimum Gasteiger partial charge on any atom is -0.458 e. The predicted molar refractivity (Wildman–Crippen MR) is 133 cm³/mol. The molecule has 208 valence electrons. The Morgan fingerprint density at radius 1 is 0.946 bits per heavy atom. The molecule has 13 atom stereocenters. The van der Waals surface area contributed by atoms with E-state index in [2.05, 4.69) is 13.8 Å². The topological polar surface area (TPSA) is 126 Å². The molecule has 0 aromatic carbocycles. The maximum Gasteiger partial charge on any atom is 0.331 e. The highest BCUT2D eigenvalue weighted by molar-refractivity contribution is 5.85. The molecular weight excluding hydrogens is 476 g/mol. The molecule has 0 unspecified atom stereocenters. The summed E-state index contributed by atoms with van der Waals surface area (Å²) in [6.45, 7) is 6.73. The van der Waals surface area contributed by atoms with Crippen LogP contribution >= 0.6 is 0 Å². The van der Waals surface area contributed by atoms with Crippen molar-refractivity contribution in [1.29, 1.82) is 0 Å². The van der Waals surface area contributed by atoms with E-state index in [1.165, 1.54) is 0 Å². The number of carbonyl (C=O) groups excluding carboxylic acids is 1. The smallest absolute Gasteiger partial charge is 0.331 e. The monoisotopic (exact) mass is 520 g/mol. The van der Waals surface area contributed by atoms with Gasteiger partial charge < -0.3 is 34.6 Å². The molecule has 0 amide bonds. The molecule has 4 aliphatic carbocycles. The molecule has 4 saturated carbocycles. The van der Waals surface area contributed by atoms with Crippen LogP contribution < -0.4 is 0 Å². The molecule has 6 rings (SSSR count). The molecule has 0 aromatic heterocycles. The number of hydrogen-bond acceptors (Lipinski definition) is 8. The van der Waals surface area contributed by atoms with Crippen LogP contribution in [-0.4, -0.2) is 75.4 Å². The first-order valence-electron chi connectivity index (χ1n) is 14.4. The van der Waals surface area contributed by atoms with Crippen LogP contribution in [0.25, 0.3) is 0 Å². The Bertz CT molecular complexity index is 952. The first-order valence-corrected chi connectivity index (χ1v) is 14.4. The fraction of sp³-hybridized carbons (Fsp3) is 0.897. The summed E-state index contributed by atoms with van der Waals surface area (Å²) in [5.41, 5.74) is 0.243. The zero-order valence-electron chi connectivity index (χ0n) is 22.3. The van der Waals surface area contributed by atoms with Crippen LogP contribution in [0.5, 0.6) is 0 Å². The van der Waals surface area contributed by atoms with Gasteiger partial charge in [0, 0.05) is 11.5 Å². The van der Waals surface area contributed by atoms with Gasteiger partial charge in [0.1, 0.15) is 24.9 Å². The van der Waals surface area contributed by atoms with Crippen molar-refractivity contribution in [2.45, 2.75) is 121 Å².